The van der Waals surface area contributed by atoms with Gasteiger partial charge in [-0.1, -0.05) is 24.3 Å². The zero-order valence-electron chi connectivity index (χ0n) is 9.37. The molecule has 0 aromatic heterocycles. The van der Waals surface area contributed by atoms with Crippen LogP contribution in [0.3, 0.4) is 0 Å². The number of benzene rings is 2. The van der Waals surface area contributed by atoms with Crippen molar-refractivity contribution in [2.75, 3.05) is 6.61 Å². The first-order valence-corrected chi connectivity index (χ1v) is 5.33. The summed E-state index contributed by atoms with van der Waals surface area (Å²) >= 11 is 0. The van der Waals surface area contributed by atoms with Crippen molar-refractivity contribution >= 4 is 16.7 Å². The van der Waals surface area contributed by atoms with Gasteiger partial charge in [0.1, 0.15) is 5.82 Å². The average molecular weight is 233 g/mol. The van der Waals surface area contributed by atoms with Gasteiger partial charge in [-0.2, -0.15) is 0 Å². The minimum Gasteiger partial charge on any atom is -0.274 e. The molecule has 0 fully saturated rings. The third kappa shape index (κ3) is 2.26. The number of fused-ring (bicyclic) bond motifs is 1. The van der Waals surface area contributed by atoms with Crippen LogP contribution in [0, 0.1) is 5.82 Å². The molecule has 0 radical (unpaired) electrons. The predicted octanol–water partition coefficient (Wildman–Crippen LogP) is 2.66. The fourth-order valence-corrected chi connectivity index (χ4v) is 1.65. The highest BCUT2D eigenvalue weighted by Crippen LogP contribution is 2.21. The number of hydrogen-bond acceptors (Lipinski definition) is 2. The fraction of sp³-hybridized carbons (Fsp3) is 0.154. The third-order valence-electron chi connectivity index (χ3n) is 2.42. The van der Waals surface area contributed by atoms with Crippen molar-refractivity contribution in [3.05, 3.63) is 47.8 Å². The summed E-state index contributed by atoms with van der Waals surface area (Å²) in [7, 11) is 0. The summed E-state index contributed by atoms with van der Waals surface area (Å²) in [5.74, 6) is -0.711. The number of carbonyl (C=O) groups excluding carboxylic acids is 1. The van der Waals surface area contributed by atoms with Gasteiger partial charge in [0.25, 0.3) is 5.91 Å². The predicted molar refractivity (Wildman–Crippen MR) is 63.0 cm³/mol. The van der Waals surface area contributed by atoms with E-state index in [1.165, 1.54) is 12.1 Å². The molecule has 0 saturated carbocycles. The maximum Gasteiger partial charge on any atom is 0.275 e. The average Bonchev–Trinajstić information content (AvgIpc) is 2.37. The second-order valence-electron chi connectivity index (χ2n) is 3.50. The Bertz CT molecular complexity index is 554. The monoisotopic (exact) mass is 233 g/mol. The molecule has 88 valence electrons. The molecule has 0 aliphatic carbocycles. The van der Waals surface area contributed by atoms with Crippen LogP contribution in [0.25, 0.3) is 10.8 Å². The van der Waals surface area contributed by atoms with E-state index in [-0.39, 0.29) is 11.7 Å². The first-order chi connectivity index (χ1) is 8.24. The maximum atomic E-state index is 13.5. The molecule has 2 aromatic carbocycles. The van der Waals surface area contributed by atoms with E-state index in [2.05, 4.69) is 5.48 Å². The van der Waals surface area contributed by atoms with Crippen molar-refractivity contribution in [2.24, 2.45) is 0 Å². The summed E-state index contributed by atoms with van der Waals surface area (Å²) in [6, 6.07) is 9.57. The first kappa shape index (κ1) is 11.5. The van der Waals surface area contributed by atoms with Gasteiger partial charge < -0.3 is 0 Å². The number of hydrogen-bond donors (Lipinski definition) is 1. The summed E-state index contributed by atoms with van der Waals surface area (Å²) in [5.41, 5.74) is 2.70. The van der Waals surface area contributed by atoms with Gasteiger partial charge in [0.05, 0.1) is 6.61 Å². The summed E-state index contributed by atoms with van der Waals surface area (Å²) in [5, 5.41) is 1.00. The van der Waals surface area contributed by atoms with E-state index >= 15 is 0 Å². The summed E-state index contributed by atoms with van der Waals surface area (Å²) in [6.45, 7) is 2.15. The summed E-state index contributed by atoms with van der Waals surface area (Å²) in [6.07, 6.45) is 0. The minimum atomic E-state index is -0.372. The lowest BCUT2D eigenvalue weighted by Gasteiger charge is -2.07. The number of halogens is 1. The van der Waals surface area contributed by atoms with Gasteiger partial charge in [0.15, 0.2) is 0 Å². The van der Waals surface area contributed by atoms with Crippen molar-refractivity contribution in [1.82, 2.24) is 5.48 Å². The number of rotatable bonds is 3. The molecule has 0 aliphatic rings. The lowest BCUT2D eigenvalue weighted by molar-refractivity contribution is 0.0366. The zero-order valence-corrected chi connectivity index (χ0v) is 9.37. The highest BCUT2D eigenvalue weighted by molar-refractivity contribution is 6.06. The molecule has 2 aromatic rings. The molecule has 0 spiro atoms. The molecule has 17 heavy (non-hydrogen) atoms. The van der Waals surface area contributed by atoms with Crippen LogP contribution in [0.1, 0.15) is 17.3 Å². The summed E-state index contributed by atoms with van der Waals surface area (Å²) in [4.78, 5) is 16.6. The SMILES string of the molecule is CCONC(=O)c1ccc(F)c2ccccc12. The topological polar surface area (TPSA) is 38.3 Å². The lowest BCUT2D eigenvalue weighted by Crippen LogP contribution is -2.23. The molecule has 4 heteroatoms. The van der Waals surface area contributed by atoms with E-state index in [1.54, 1.807) is 31.2 Å². The number of amides is 1. The van der Waals surface area contributed by atoms with Gasteiger partial charge in [-0.15, -0.1) is 0 Å². The quantitative estimate of drug-likeness (QED) is 0.828. The highest BCUT2D eigenvalue weighted by atomic mass is 19.1. The number of carbonyl (C=O) groups is 1. The van der Waals surface area contributed by atoms with Crippen LogP contribution in [-0.4, -0.2) is 12.5 Å². The van der Waals surface area contributed by atoms with Crippen LogP contribution in [-0.2, 0) is 4.84 Å². The molecule has 0 unspecified atom stereocenters. The molecule has 3 nitrogen and oxygen atoms in total. The molecule has 0 aliphatic heterocycles. The third-order valence-corrected chi connectivity index (χ3v) is 2.42. The fourth-order valence-electron chi connectivity index (χ4n) is 1.65. The molecule has 0 saturated heterocycles. The lowest BCUT2D eigenvalue weighted by atomic mass is 10.0. The largest absolute Gasteiger partial charge is 0.275 e. The van der Waals surface area contributed by atoms with Crippen molar-refractivity contribution in [3.63, 3.8) is 0 Å². The van der Waals surface area contributed by atoms with E-state index in [1.807, 2.05) is 0 Å². The Morgan fingerprint density at radius 3 is 2.65 bits per heavy atom. The van der Waals surface area contributed by atoms with Crippen molar-refractivity contribution < 1.29 is 14.0 Å². The molecule has 1 amide bonds. The van der Waals surface area contributed by atoms with E-state index in [0.29, 0.717) is 22.9 Å². The Morgan fingerprint density at radius 1 is 1.24 bits per heavy atom. The highest BCUT2D eigenvalue weighted by Gasteiger charge is 2.11. The van der Waals surface area contributed by atoms with Crippen molar-refractivity contribution in [1.29, 1.82) is 0 Å². The molecule has 1 N–H and O–H groups in total. The number of hydroxylamine groups is 1. The second kappa shape index (κ2) is 4.93. The standard InChI is InChI=1S/C13H12FNO2/c1-2-17-15-13(16)11-7-8-12(14)10-6-4-3-5-9(10)11/h3-8H,2H2,1H3,(H,15,16). The van der Waals surface area contributed by atoms with Gasteiger partial charge in [-0.3, -0.25) is 9.63 Å². The van der Waals surface area contributed by atoms with Crippen LogP contribution in [0.15, 0.2) is 36.4 Å². The maximum absolute atomic E-state index is 13.5. The normalized spacial score (nSPS) is 10.5. The molecular formula is C13H12FNO2. The van der Waals surface area contributed by atoms with E-state index < -0.39 is 0 Å². The molecule has 0 bridgehead atoms. The molecule has 0 heterocycles. The first-order valence-electron chi connectivity index (χ1n) is 5.33. The molecule has 2 rings (SSSR count). The van der Waals surface area contributed by atoms with Crippen LogP contribution in [0.2, 0.25) is 0 Å². The Labute approximate surface area is 98.2 Å². The van der Waals surface area contributed by atoms with E-state index in [4.69, 9.17) is 4.84 Å². The Hall–Kier alpha value is -1.94. The Balaban J connectivity index is 2.48. The van der Waals surface area contributed by atoms with Crippen molar-refractivity contribution in [2.45, 2.75) is 6.92 Å². The van der Waals surface area contributed by atoms with Gasteiger partial charge in [0.2, 0.25) is 0 Å². The van der Waals surface area contributed by atoms with E-state index in [9.17, 15) is 9.18 Å². The second-order valence-corrected chi connectivity index (χ2v) is 3.50. The Morgan fingerprint density at radius 2 is 1.94 bits per heavy atom. The van der Waals surface area contributed by atoms with Gasteiger partial charge in [-0.05, 0) is 24.4 Å². The smallest absolute Gasteiger partial charge is 0.274 e. The van der Waals surface area contributed by atoms with Gasteiger partial charge in [0, 0.05) is 10.9 Å². The number of nitrogens with one attached hydrogen (secondary N) is 1. The molecule has 0 atom stereocenters. The zero-order chi connectivity index (χ0) is 12.3. The molecular weight excluding hydrogens is 221 g/mol. The van der Waals surface area contributed by atoms with Crippen LogP contribution in [0.4, 0.5) is 4.39 Å². The van der Waals surface area contributed by atoms with Gasteiger partial charge >= 0.3 is 0 Å². The minimum absolute atomic E-state index is 0.339. The van der Waals surface area contributed by atoms with Crippen LogP contribution in [0.5, 0.6) is 0 Å². The van der Waals surface area contributed by atoms with Crippen molar-refractivity contribution in [3.8, 4) is 0 Å². The van der Waals surface area contributed by atoms with Gasteiger partial charge in [-0.25, -0.2) is 9.87 Å². The van der Waals surface area contributed by atoms with Crippen LogP contribution >= 0.6 is 0 Å². The summed E-state index contributed by atoms with van der Waals surface area (Å²) < 4.78 is 13.5. The van der Waals surface area contributed by atoms with Crippen LogP contribution < -0.4 is 5.48 Å². The van der Waals surface area contributed by atoms with E-state index in [0.717, 1.165) is 0 Å². The Kier molecular flexibility index (Phi) is 3.35.